The maximum Gasteiger partial charge on any atom is 0.134 e. The Kier molecular flexibility index (Phi) is 12.3. The molecule has 0 aliphatic carbocycles. The topological polar surface area (TPSA) is 82.4 Å². The first kappa shape index (κ1) is 30.5. The van der Waals surface area contributed by atoms with E-state index in [1.165, 1.54) is 31.5 Å². The van der Waals surface area contributed by atoms with Crippen LogP contribution in [0, 0.1) is 12.8 Å². The minimum Gasteiger partial charge on any atom is -0.506 e. The number of hydrogen-bond acceptors (Lipinski definition) is 6. The van der Waals surface area contributed by atoms with Crippen LogP contribution in [0.15, 0.2) is 55.1 Å². The first-order valence-electron chi connectivity index (χ1n) is 13.3. The van der Waals surface area contributed by atoms with Crippen molar-refractivity contribution in [1.82, 2.24) is 19.9 Å². The van der Waals surface area contributed by atoms with Gasteiger partial charge in [-0.25, -0.2) is 9.97 Å². The normalized spacial score (nSPS) is 15.0. The van der Waals surface area contributed by atoms with E-state index >= 15 is 0 Å². The van der Waals surface area contributed by atoms with E-state index in [4.69, 9.17) is 11.6 Å². The summed E-state index contributed by atoms with van der Waals surface area (Å²) >= 11 is 5.73. The standard InChI is InChI=1S/C12H19NO.C9H7ClN2O.C9H17N/c1-3-8-12(14,9-4-2)11-7-5-6-10-13-11;1-5-6-2-9(13)7(10)3-8(6)12-4-11-5;1-4-9(3)10-6-5-8(2)7-10/h5-7,10,14H,3-4,8-9H2,1-2H3;2-4,13H,1H3;8H,3-7H2,1-2H3. The predicted octanol–water partition coefficient (Wildman–Crippen LogP) is 7.42. The van der Waals surface area contributed by atoms with E-state index in [2.05, 4.69) is 54.1 Å². The van der Waals surface area contributed by atoms with Gasteiger partial charge < -0.3 is 15.1 Å². The molecule has 1 saturated heterocycles. The van der Waals surface area contributed by atoms with Gasteiger partial charge in [0.2, 0.25) is 0 Å². The second-order valence-electron chi connectivity index (χ2n) is 9.79. The van der Waals surface area contributed by atoms with E-state index in [1.807, 2.05) is 25.1 Å². The molecule has 3 aromatic rings. The number of phenolic OH excluding ortho intramolecular Hbond substituents is 1. The molecule has 0 bridgehead atoms. The number of pyridine rings is 1. The third-order valence-electron chi connectivity index (χ3n) is 6.65. The number of rotatable bonds is 7. The van der Waals surface area contributed by atoms with Crippen molar-refractivity contribution in [3.8, 4) is 5.75 Å². The van der Waals surface area contributed by atoms with E-state index in [9.17, 15) is 10.2 Å². The molecule has 1 fully saturated rings. The van der Waals surface area contributed by atoms with Crippen LogP contribution >= 0.6 is 11.6 Å². The second-order valence-corrected chi connectivity index (χ2v) is 10.2. The third kappa shape index (κ3) is 8.97. The fourth-order valence-corrected chi connectivity index (χ4v) is 4.65. The maximum atomic E-state index is 10.4. The van der Waals surface area contributed by atoms with Gasteiger partial charge in [-0.1, -0.05) is 64.8 Å². The Morgan fingerprint density at radius 3 is 2.38 bits per heavy atom. The lowest BCUT2D eigenvalue weighted by Crippen LogP contribution is -2.26. The second kappa shape index (κ2) is 14.9. The number of allylic oxidation sites excluding steroid dienone is 1. The van der Waals surface area contributed by atoms with E-state index in [0.717, 1.165) is 60.3 Å². The third-order valence-corrected chi connectivity index (χ3v) is 6.95. The molecule has 6 nitrogen and oxygen atoms in total. The van der Waals surface area contributed by atoms with Gasteiger partial charge in [-0.05, 0) is 62.8 Å². The highest BCUT2D eigenvalue weighted by atomic mass is 35.5. The van der Waals surface area contributed by atoms with Gasteiger partial charge in [0.15, 0.2) is 0 Å². The Labute approximate surface area is 227 Å². The van der Waals surface area contributed by atoms with Crippen molar-refractivity contribution in [2.45, 2.75) is 78.7 Å². The van der Waals surface area contributed by atoms with Crippen LogP contribution in [-0.4, -0.2) is 43.2 Å². The summed E-state index contributed by atoms with van der Waals surface area (Å²) in [5.41, 5.74) is 2.98. The van der Waals surface area contributed by atoms with Crippen molar-refractivity contribution in [1.29, 1.82) is 0 Å². The summed E-state index contributed by atoms with van der Waals surface area (Å²) in [6.45, 7) is 17.0. The number of hydrogen-bond donors (Lipinski definition) is 2. The van der Waals surface area contributed by atoms with E-state index in [0.29, 0.717) is 5.02 Å². The number of fused-ring (bicyclic) bond motifs is 1. The Bertz CT molecular complexity index is 1120. The smallest absolute Gasteiger partial charge is 0.134 e. The van der Waals surface area contributed by atoms with Crippen LogP contribution in [0.1, 0.15) is 77.6 Å². The molecule has 0 amide bonds. The lowest BCUT2D eigenvalue weighted by Gasteiger charge is -2.26. The quantitative estimate of drug-likeness (QED) is 0.333. The minimum absolute atomic E-state index is 0.0621. The zero-order chi connectivity index (χ0) is 27.4. The Balaban J connectivity index is 0.000000198. The molecule has 1 unspecified atom stereocenters. The number of phenols is 1. The number of nitrogens with zero attached hydrogens (tertiary/aromatic N) is 4. The largest absolute Gasteiger partial charge is 0.506 e. The summed E-state index contributed by atoms with van der Waals surface area (Å²) in [5.74, 6) is 0.940. The van der Waals surface area contributed by atoms with Crippen LogP contribution in [0.3, 0.4) is 0 Å². The molecule has 1 aromatic carbocycles. The van der Waals surface area contributed by atoms with Crippen LogP contribution in [0.2, 0.25) is 5.02 Å². The maximum absolute atomic E-state index is 10.4. The van der Waals surface area contributed by atoms with E-state index in [1.54, 1.807) is 18.3 Å². The van der Waals surface area contributed by atoms with E-state index < -0.39 is 5.60 Å². The molecule has 0 spiro atoms. The summed E-state index contributed by atoms with van der Waals surface area (Å²) < 4.78 is 0. The molecule has 1 aliphatic heterocycles. The Morgan fingerprint density at radius 1 is 1.14 bits per heavy atom. The van der Waals surface area contributed by atoms with Gasteiger partial charge in [0.1, 0.15) is 17.7 Å². The predicted molar refractivity (Wildman–Crippen MR) is 154 cm³/mol. The van der Waals surface area contributed by atoms with Crippen molar-refractivity contribution in [2.24, 2.45) is 5.92 Å². The van der Waals surface area contributed by atoms with Gasteiger partial charge in [-0.2, -0.15) is 0 Å². The van der Waals surface area contributed by atoms with Gasteiger partial charge in [0, 0.05) is 36.1 Å². The molecule has 202 valence electrons. The van der Waals surface area contributed by atoms with Crippen LogP contribution in [0.5, 0.6) is 5.75 Å². The van der Waals surface area contributed by atoms with Crippen molar-refractivity contribution < 1.29 is 10.2 Å². The van der Waals surface area contributed by atoms with Crippen LogP contribution in [0.25, 0.3) is 10.9 Å². The van der Waals surface area contributed by atoms with E-state index in [-0.39, 0.29) is 5.75 Å². The number of likely N-dealkylation sites (tertiary alicyclic amines) is 1. The van der Waals surface area contributed by atoms with Crippen molar-refractivity contribution in [2.75, 3.05) is 13.1 Å². The molecule has 0 saturated carbocycles. The van der Waals surface area contributed by atoms with Crippen LogP contribution in [-0.2, 0) is 5.60 Å². The zero-order valence-corrected chi connectivity index (χ0v) is 23.8. The fraction of sp³-hybridized carbons (Fsp3) is 0.500. The average Bonchev–Trinajstić information content (AvgIpc) is 3.33. The molecule has 4 rings (SSSR count). The summed E-state index contributed by atoms with van der Waals surface area (Å²) in [6, 6.07) is 8.92. The van der Waals surface area contributed by atoms with Gasteiger partial charge in [0.05, 0.1) is 16.2 Å². The molecule has 2 N–H and O–H groups in total. The van der Waals surface area contributed by atoms with Crippen molar-refractivity contribution >= 4 is 22.5 Å². The number of aliphatic hydroxyl groups is 1. The molecule has 3 heterocycles. The SMILES string of the molecule is C=C(CC)N1CCC(C)C1.CCCC(O)(CCC)c1ccccn1.Cc1ncnc2cc(Cl)c(O)cc12. The zero-order valence-electron chi connectivity index (χ0n) is 23.0. The molecule has 1 atom stereocenters. The molecule has 7 heteroatoms. The summed E-state index contributed by atoms with van der Waals surface area (Å²) in [6.07, 6.45) is 9.21. The summed E-state index contributed by atoms with van der Waals surface area (Å²) in [4.78, 5) is 14.7. The number of aromatic hydroxyl groups is 1. The number of aryl methyl sites for hydroxylation is 1. The first-order valence-corrected chi connectivity index (χ1v) is 13.7. The lowest BCUT2D eigenvalue weighted by atomic mass is 9.89. The summed E-state index contributed by atoms with van der Waals surface area (Å²) in [5, 5.41) is 20.9. The fourth-order valence-electron chi connectivity index (χ4n) is 4.49. The van der Waals surface area contributed by atoms with Crippen LogP contribution < -0.4 is 0 Å². The molecular formula is C30H43ClN4O2. The summed E-state index contributed by atoms with van der Waals surface area (Å²) in [7, 11) is 0. The lowest BCUT2D eigenvalue weighted by molar-refractivity contribution is 0.0127. The molecule has 37 heavy (non-hydrogen) atoms. The average molecular weight is 527 g/mol. The van der Waals surface area contributed by atoms with Gasteiger partial charge in [-0.3, -0.25) is 4.98 Å². The molecule has 0 radical (unpaired) electrons. The van der Waals surface area contributed by atoms with Gasteiger partial charge in [0.25, 0.3) is 0 Å². The van der Waals surface area contributed by atoms with Crippen LogP contribution in [0.4, 0.5) is 0 Å². The number of benzene rings is 1. The van der Waals surface area contributed by atoms with Crippen molar-refractivity contribution in [3.05, 3.63) is 71.5 Å². The number of halogens is 1. The van der Waals surface area contributed by atoms with Gasteiger partial charge in [-0.15, -0.1) is 0 Å². The number of aromatic nitrogens is 3. The highest BCUT2D eigenvalue weighted by molar-refractivity contribution is 6.32. The Hall–Kier alpha value is -2.70. The highest BCUT2D eigenvalue weighted by Gasteiger charge is 2.28. The highest BCUT2D eigenvalue weighted by Crippen LogP contribution is 2.30. The van der Waals surface area contributed by atoms with Gasteiger partial charge >= 0.3 is 0 Å². The molecule has 1 aliphatic rings. The Morgan fingerprint density at radius 2 is 1.84 bits per heavy atom. The molecular weight excluding hydrogens is 484 g/mol. The van der Waals surface area contributed by atoms with Crippen molar-refractivity contribution in [3.63, 3.8) is 0 Å². The first-order chi connectivity index (χ1) is 17.6. The monoisotopic (exact) mass is 526 g/mol. The minimum atomic E-state index is -0.717. The molecule has 2 aromatic heterocycles.